The zero-order valence-electron chi connectivity index (χ0n) is 20.3. The highest BCUT2D eigenvalue weighted by molar-refractivity contribution is 5.88. The van der Waals surface area contributed by atoms with Crippen LogP contribution in [0.1, 0.15) is 43.4 Å². The summed E-state index contributed by atoms with van der Waals surface area (Å²) < 4.78 is 0. The maximum atomic E-state index is 13.6. The minimum absolute atomic E-state index is 0.00681. The van der Waals surface area contributed by atoms with Gasteiger partial charge in [-0.05, 0) is 35.4 Å². The van der Waals surface area contributed by atoms with Crippen LogP contribution in [0, 0.1) is 5.92 Å². The van der Waals surface area contributed by atoms with Crippen LogP contribution in [0.25, 0.3) is 0 Å². The van der Waals surface area contributed by atoms with Gasteiger partial charge < -0.3 is 10.2 Å². The lowest BCUT2D eigenvalue weighted by molar-refractivity contribution is -0.141. The van der Waals surface area contributed by atoms with Gasteiger partial charge in [-0.1, -0.05) is 105 Å². The normalized spacial score (nSPS) is 11.7. The molecule has 0 aliphatic carbocycles. The van der Waals surface area contributed by atoms with Crippen LogP contribution in [0.15, 0.2) is 91.0 Å². The Kier molecular flexibility index (Phi) is 9.90. The fraction of sp³-hybridized carbons (Fsp3) is 0.333. The second kappa shape index (κ2) is 13.3. The Bertz CT molecular complexity index is 1000. The number of amides is 2. The molecule has 0 heterocycles. The van der Waals surface area contributed by atoms with Crippen molar-refractivity contribution in [3.05, 3.63) is 108 Å². The molecule has 178 valence electrons. The maximum Gasteiger partial charge on any atom is 0.243 e. The van der Waals surface area contributed by atoms with Crippen molar-refractivity contribution < 1.29 is 9.59 Å². The lowest BCUT2D eigenvalue weighted by Gasteiger charge is -2.32. The molecule has 34 heavy (non-hydrogen) atoms. The van der Waals surface area contributed by atoms with Gasteiger partial charge >= 0.3 is 0 Å². The fourth-order valence-electron chi connectivity index (χ4n) is 3.98. The highest BCUT2D eigenvalue weighted by Gasteiger charge is 2.30. The molecule has 0 saturated heterocycles. The van der Waals surface area contributed by atoms with E-state index in [0.29, 0.717) is 38.3 Å². The number of nitrogens with one attached hydrogen (secondary N) is 1. The predicted octanol–water partition coefficient (Wildman–Crippen LogP) is 5.42. The first-order chi connectivity index (χ1) is 16.5. The van der Waals surface area contributed by atoms with E-state index in [4.69, 9.17) is 0 Å². The molecule has 4 nitrogen and oxygen atoms in total. The van der Waals surface area contributed by atoms with E-state index in [1.54, 1.807) is 4.90 Å². The molecule has 0 aromatic heterocycles. The van der Waals surface area contributed by atoms with Crippen molar-refractivity contribution in [2.75, 3.05) is 6.54 Å². The molecule has 0 bridgehead atoms. The zero-order chi connectivity index (χ0) is 24.2. The first kappa shape index (κ1) is 25.2. The largest absolute Gasteiger partial charge is 0.354 e. The van der Waals surface area contributed by atoms with Crippen LogP contribution in [0.2, 0.25) is 0 Å². The SMILES string of the molecule is CC(C)CCNC(=O)[C@H](Cc1ccccc1)N(Cc1ccccc1)C(=O)CCc1ccccc1. The number of carbonyl (C=O) groups excluding carboxylic acids is 2. The van der Waals surface area contributed by atoms with E-state index in [2.05, 4.69) is 19.2 Å². The summed E-state index contributed by atoms with van der Waals surface area (Å²) in [6.45, 7) is 5.30. The van der Waals surface area contributed by atoms with Crippen LogP contribution in [0.4, 0.5) is 0 Å². The average Bonchev–Trinajstić information content (AvgIpc) is 2.86. The molecule has 1 atom stereocenters. The molecule has 0 fully saturated rings. The Hall–Kier alpha value is -3.40. The van der Waals surface area contributed by atoms with Crippen LogP contribution in [0.5, 0.6) is 0 Å². The van der Waals surface area contributed by atoms with Crippen LogP contribution >= 0.6 is 0 Å². The Morgan fingerprint density at radius 1 is 0.765 bits per heavy atom. The van der Waals surface area contributed by atoms with Gasteiger partial charge in [-0.2, -0.15) is 0 Å². The van der Waals surface area contributed by atoms with Crippen LogP contribution < -0.4 is 5.32 Å². The fourth-order valence-corrected chi connectivity index (χ4v) is 3.98. The number of benzene rings is 3. The molecule has 3 aromatic rings. The Morgan fingerprint density at radius 3 is 1.85 bits per heavy atom. The topological polar surface area (TPSA) is 49.4 Å². The molecule has 0 spiro atoms. The summed E-state index contributed by atoms with van der Waals surface area (Å²) in [5, 5.41) is 3.10. The number of hydrogen-bond donors (Lipinski definition) is 1. The summed E-state index contributed by atoms with van der Waals surface area (Å²) in [5.74, 6) is 0.405. The minimum Gasteiger partial charge on any atom is -0.354 e. The highest BCUT2D eigenvalue weighted by Crippen LogP contribution is 2.17. The van der Waals surface area contributed by atoms with Gasteiger partial charge in [0.15, 0.2) is 0 Å². The molecule has 0 radical (unpaired) electrons. The Balaban J connectivity index is 1.84. The minimum atomic E-state index is -0.571. The van der Waals surface area contributed by atoms with Gasteiger partial charge in [0.05, 0.1) is 0 Å². The molecule has 1 N–H and O–H groups in total. The lowest BCUT2D eigenvalue weighted by Crippen LogP contribution is -2.50. The summed E-state index contributed by atoms with van der Waals surface area (Å²) in [6.07, 6.45) is 2.40. The predicted molar refractivity (Wildman–Crippen MR) is 138 cm³/mol. The third kappa shape index (κ3) is 8.18. The van der Waals surface area contributed by atoms with E-state index in [9.17, 15) is 9.59 Å². The van der Waals surface area contributed by atoms with Gasteiger partial charge in [-0.3, -0.25) is 9.59 Å². The number of hydrogen-bond acceptors (Lipinski definition) is 2. The molecule has 3 aromatic carbocycles. The number of rotatable bonds is 12. The third-order valence-corrected chi connectivity index (χ3v) is 5.96. The molecule has 0 aliphatic rings. The van der Waals surface area contributed by atoms with Gasteiger partial charge in [0.25, 0.3) is 0 Å². The first-order valence-corrected chi connectivity index (χ1v) is 12.2. The van der Waals surface area contributed by atoms with Crippen molar-refractivity contribution in [2.45, 2.75) is 52.1 Å². The van der Waals surface area contributed by atoms with E-state index in [0.717, 1.165) is 23.1 Å². The standard InChI is InChI=1S/C30H36N2O2/c1-24(2)20-21-31-30(34)28(22-26-14-8-4-9-15-26)32(23-27-16-10-5-11-17-27)29(33)19-18-25-12-6-3-7-13-25/h3-17,24,28H,18-23H2,1-2H3,(H,31,34)/t28-/m0/s1. The van der Waals surface area contributed by atoms with Crippen molar-refractivity contribution >= 4 is 11.8 Å². The van der Waals surface area contributed by atoms with Crippen molar-refractivity contribution in [3.63, 3.8) is 0 Å². The van der Waals surface area contributed by atoms with Crippen LogP contribution in [-0.4, -0.2) is 29.3 Å². The third-order valence-electron chi connectivity index (χ3n) is 5.96. The molecular formula is C30H36N2O2. The maximum absolute atomic E-state index is 13.6. The molecular weight excluding hydrogens is 420 g/mol. The second-order valence-electron chi connectivity index (χ2n) is 9.17. The summed E-state index contributed by atoms with van der Waals surface area (Å²) in [4.78, 5) is 28.8. The Labute approximate surface area is 204 Å². The summed E-state index contributed by atoms with van der Waals surface area (Å²) >= 11 is 0. The number of nitrogens with zero attached hydrogens (tertiary/aromatic N) is 1. The van der Waals surface area contributed by atoms with Gasteiger partial charge in [0.2, 0.25) is 11.8 Å². The van der Waals surface area contributed by atoms with E-state index in [1.165, 1.54) is 0 Å². The van der Waals surface area contributed by atoms with Crippen molar-refractivity contribution in [1.82, 2.24) is 10.2 Å². The quantitative estimate of drug-likeness (QED) is 0.396. The molecule has 0 saturated carbocycles. The lowest BCUT2D eigenvalue weighted by atomic mass is 10.0. The molecule has 3 rings (SSSR count). The summed E-state index contributed by atoms with van der Waals surface area (Å²) in [5.41, 5.74) is 3.18. The molecule has 2 amide bonds. The second-order valence-corrected chi connectivity index (χ2v) is 9.17. The average molecular weight is 457 g/mol. The molecule has 0 unspecified atom stereocenters. The Morgan fingerprint density at radius 2 is 1.29 bits per heavy atom. The van der Waals surface area contributed by atoms with Gasteiger partial charge in [0.1, 0.15) is 6.04 Å². The van der Waals surface area contributed by atoms with E-state index in [-0.39, 0.29) is 11.8 Å². The number of aryl methyl sites for hydroxylation is 1. The molecule has 0 aliphatic heterocycles. The van der Waals surface area contributed by atoms with Crippen molar-refractivity contribution in [3.8, 4) is 0 Å². The summed E-state index contributed by atoms with van der Waals surface area (Å²) in [7, 11) is 0. The van der Waals surface area contributed by atoms with E-state index in [1.807, 2.05) is 91.0 Å². The monoisotopic (exact) mass is 456 g/mol. The van der Waals surface area contributed by atoms with Crippen molar-refractivity contribution in [2.24, 2.45) is 5.92 Å². The van der Waals surface area contributed by atoms with Gasteiger partial charge in [-0.25, -0.2) is 0 Å². The van der Waals surface area contributed by atoms with E-state index >= 15 is 0 Å². The van der Waals surface area contributed by atoms with Gasteiger partial charge in [0, 0.05) is 25.9 Å². The van der Waals surface area contributed by atoms with E-state index < -0.39 is 6.04 Å². The smallest absolute Gasteiger partial charge is 0.243 e. The highest BCUT2D eigenvalue weighted by atomic mass is 16.2. The van der Waals surface area contributed by atoms with Gasteiger partial charge in [-0.15, -0.1) is 0 Å². The van der Waals surface area contributed by atoms with Crippen LogP contribution in [0.3, 0.4) is 0 Å². The zero-order valence-corrected chi connectivity index (χ0v) is 20.3. The first-order valence-electron chi connectivity index (χ1n) is 12.2. The van der Waals surface area contributed by atoms with Crippen LogP contribution in [-0.2, 0) is 29.0 Å². The number of carbonyl (C=O) groups is 2. The molecule has 4 heteroatoms. The summed E-state index contributed by atoms with van der Waals surface area (Å²) in [6, 6.07) is 29.3. The van der Waals surface area contributed by atoms with Crippen molar-refractivity contribution in [1.29, 1.82) is 0 Å².